The Labute approximate surface area is 98.4 Å². The molecule has 5 heteroatoms. The number of aromatic nitrogens is 3. The van der Waals surface area contributed by atoms with E-state index < -0.39 is 5.97 Å². The van der Waals surface area contributed by atoms with Crippen LogP contribution in [0.15, 0.2) is 35.9 Å². The number of hydrogen-bond donors (Lipinski definition) is 1. The van der Waals surface area contributed by atoms with Gasteiger partial charge in [0, 0.05) is 5.57 Å². The fraction of sp³-hybridized carbons (Fsp3) is 0.250. The molecule has 1 aromatic carbocycles. The second-order valence-electron chi connectivity index (χ2n) is 3.65. The Morgan fingerprint density at radius 1 is 1.47 bits per heavy atom. The molecule has 0 aliphatic heterocycles. The van der Waals surface area contributed by atoms with E-state index in [-0.39, 0.29) is 0 Å². The minimum absolute atomic E-state index is 0.393. The van der Waals surface area contributed by atoms with E-state index in [1.807, 2.05) is 31.2 Å². The first-order valence-electron chi connectivity index (χ1n) is 5.43. The summed E-state index contributed by atoms with van der Waals surface area (Å²) in [6.45, 7) is 2.25. The molecule has 17 heavy (non-hydrogen) atoms. The lowest BCUT2D eigenvalue weighted by Crippen LogP contribution is -2.03. The monoisotopic (exact) mass is 231 g/mol. The van der Waals surface area contributed by atoms with Crippen molar-refractivity contribution in [1.82, 2.24) is 15.0 Å². The fourth-order valence-electron chi connectivity index (χ4n) is 1.63. The number of rotatable bonds is 4. The molecular weight excluding hydrogens is 218 g/mol. The van der Waals surface area contributed by atoms with E-state index in [2.05, 4.69) is 10.3 Å². The molecule has 0 saturated heterocycles. The Bertz CT molecular complexity index is 572. The number of fused-ring (bicyclic) bond motifs is 1. The van der Waals surface area contributed by atoms with Gasteiger partial charge >= 0.3 is 5.97 Å². The van der Waals surface area contributed by atoms with Crippen molar-refractivity contribution in [1.29, 1.82) is 0 Å². The van der Waals surface area contributed by atoms with Crippen LogP contribution in [0.4, 0.5) is 0 Å². The summed E-state index contributed by atoms with van der Waals surface area (Å²) < 4.78 is 1.69. The van der Waals surface area contributed by atoms with Crippen molar-refractivity contribution in [2.45, 2.75) is 19.9 Å². The van der Waals surface area contributed by atoms with Crippen LogP contribution >= 0.6 is 0 Å². The number of nitrogens with zero attached hydrogens (tertiary/aromatic N) is 3. The van der Waals surface area contributed by atoms with Gasteiger partial charge in [0.2, 0.25) is 0 Å². The normalized spacial score (nSPS) is 11.9. The van der Waals surface area contributed by atoms with Gasteiger partial charge in [0.25, 0.3) is 0 Å². The summed E-state index contributed by atoms with van der Waals surface area (Å²) in [7, 11) is 0. The van der Waals surface area contributed by atoms with Crippen molar-refractivity contribution in [2.24, 2.45) is 0 Å². The average Bonchev–Trinajstić information content (AvgIpc) is 2.73. The smallest absolute Gasteiger partial charge is 0.331 e. The van der Waals surface area contributed by atoms with E-state index in [0.29, 0.717) is 18.5 Å². The van der Waals surface area contributed by atoms with Gasteiger partial charge in [-0.3, -0.25) is 0 Å². The van der Waals surface area contributed by atoms with Crippen molar-refractivity contribution in [3.05, 3.63) is 35.9 Å². The second kappa shape index (κ2) is 4.78. The minimum atomic E-state index is -0.878. The van der Waals surface area contributed by atoms with E-state index >= 15 is 0 Å². The number of carboxylic acids is 1. The zero-order chi connectivity index (χ0) is 12.3. The van der Waals surface area contributed by atoms with Crippen LogP contribution in [0.25, 0.3) is 11.0 Å². The molecule has 0 bridgehead atoms. The molecule has 0 aliphatic carbocycles. The van der Waals surface area contributed by atoms with Gasteiger partial charge in [-0.1, -0.05) is 30.3 Å². The number of para-hydroxylation sites is 1. The third-order valence-electron chi connectivity index (χ3n) is 2.59. The Morgan fingerprint density at radius 3 is 2.94 bits per heavy atom. The standard InChI is InChI=1S/C12H13N3O2/c1-2-9(12(16)17)7-8-15-11-6-4-3-5-10(11)13-14-15/h3-7H,2,8H2,1H3,(H,16,17). The predicted octanol–water partition coefficient (Wildman–Crippen LogP) is 1.85. The number of benzene rings is 1. The molecule has 0 spiro atoms. The van der Waals surface area contributed by atoms with Crippen LogP contribution in [-0.4, -0.2) is 26.1 Å². The molecule has 0 unspecified atom stereocenters. The predicted molar refractivity (Wildman–Crippen MR) is 63.5 cm³/mol. The SMILES string of the molecule is CCC(=CCn1nnc2ccccc21)C(=O)O. The fourth-order valence-corrected chi connectivity index (χ4v) is 1.63. The molecule has 1 N–H and O–H groups in total. The molecule has 5 nitrogen and oxygen atoms in total. The molecule has 0 aliphatic rings. The summed E-state index contributed by atoms with van der Waals surface area (Å²) in [6, 6.07) is 7.59. The maximum absolute atomic E-state index is 10.8. The van der Waals surface area contributed by atoms with Crippen molar-refractivity contribution >= 4 is 17.0 Å². The number of aliphatic carboxylic acids is 1. The molecule has 0 radical (unpaired) electrons. The van der Waals surface area contributed by atoms with Crippen molar-refractivity contribution < 1.29 is 9.90 Å². The molecule has 1 heterocycles. The first kappa shape index (κ1) is 11.3. The quantitative estimate of drug-likeness (QED) is 0.815. The third kappa shape index (κ3) is 2.33. The van der Waals surface area contributed by atoms with Crippen LogP contribution in [0.2, 0.25) is 0 Å². The minimum Gasteiger partial charge on any atom is -0.478 e. The van der Waals surface area contributed by atoms with Gasteiger partial charge in [0.05, 0.1) is 12.1 Å². The third-order valence-corrected chi connectivity index (χ3v) is 2.59. The number of carbonyl (C=O) groups is 1. The highest BCUT2D eigenvalue weighted by molar-refractivity contribution is 5.86. The molecule has 2 aromatic rings. The summed E-state index contributed by atoms with van der Waals surface area (Å²) >= 11 is 0. The van der Waals surface area contributed by atoms with Gasteiger partial charge in [0.15, 0.2) is 0 Å². The summed E-state index contributed by atoms with van der Waals surface area (Å²) in [6.07, 6.45) is 2.17. The summed E-state index contributed by atoms with van der Waals surface area (Å²) in [5.74, 6) is -0.878. The molecule has 0 fully saturated rings. The molecule has 0 amide bonds. The Morgan fingerprint density at radius 2 is 2.24 bits per heavy atom. The zero-order valence-electron chi connectivity index (χ0n) is 9.50. The van der Waals surface area contributed by atoms with E-state index in [1.54, 1.807) is 10.8 Å². The molecular formula is C12H13N3O2. The van der Waals surface area contributed by atoms with Crippen molar-refractivity contribution in [3.63, 3.8) is 0 Å². The van der Waals surface area contributed by atoms with E-state index in [4.69, 9.17) is 5.11 Å². The topological polar surface area (TPSA) is 68.0 Å². The first-order chi connectivity index (χ1) is 8.22. The van der Waals surface area contributed by atoms with Crippen LogP contribution in [0.3, 0.4) is 0 Å². The van der Waals surface area contributed by atoms with Crippen LogP contribution in [0.5, 0.6) is 0 Å². The Hall–Kier alpha value is -2.17. The van der Waals surface area contributed by atoms with Gasteiger partial charge in [-0.25, -0.2) is 9.48 Å². The van der Waals surface area contributed by atoms with Gasteiger partial charge < -0.3 is 5.11 Å². The lowest BCUT2D eigenvalue weighted by atomic mass is 10.2. The lowest BCUT2D eigenvalue weighted by Gasteiger charge is -1.99. The zero-order valence-corrected chi connectivity index (χ0v) is 9.50. The van der Waals surface area contributed by atoms with E-state index in [1.165, 1.54) is 0 Å². The number of hydrogen-bond acceptors (Lipinski definition) is 3. The van der Waals surface area contributed by atoms with E-state index in [9.17, 15) is 4.79 Å². The lowest BCUT2D eigenvalue weighted by molar-refractivity contribution is -0.132. The molecule has 2 rings (SSSR count). The largest absolute Gasteiger partial charge is 0.478 e. The Balaban J connectivity index is 2.27. The van der Waals surface area contributed by atoms with Crippen molar-refractivity contribution in [3.8, 4) is 0 Å². The first-order valence-corrected chi connectivity index (χ1v) is 5.43. The van der Waals surface area contributed by atoms with Crippen LogP contribution < -0.4 is 0 Å². The number of carboxylic acid groups (broad SMARTS) is 1. The van der Waals surface area contributed by atoms with Crippen LogP contribution in [0.1, 0.15) is 13.3 Å². The maximum Gasteiger partial charge on any atom is 0.331 e. The van der Waals surface area contributed by atoms with Crippen molar-refractivity contribution in [2.75, 3.05) is 0 Å². The highest BCUT2D eigenvalue weighted by atomic mass is 16.4. The number of allylic oxidation sites excluding steroid dienone is 1. The average molecular weight is 231 g/mol. The molecule has 0 atom stereocenters. The maximum atomic E-state index is 10.8. The highest BCUT2D eigenvalue weighted by Crippen LogP contribution is 2.10. The van der Waals surface area contributed by atoms with E-state index in [0.717, 1.165) is 11.0 Å². The summed E-state index contributed by atoms with van der Waals surface area (Å²) in [4.78, 5) is 10.8. The second-order valence-corrected chi connectivity index (χ2v) is 3.65. The molecule has 88 valence electrons. The van der Waals surface area contributed by atoms with Crippen LogP contribution in [-0.2, 0) is 11.3 Å². The molecule has 0 saturated carbocycles. The van der Waals surface area contributed by atoms with Gasteiger partial charge in [-0.05, 0) is 18.6 Å². The summed E-state index contributed by atoms with van der Waals surface area (Å²) in [5.41, 5.74) is 2.11. The van der Waals surface area contributed by atoms with Gasteiger partial charge in [0.1, 0.15) is 5.52 Å². The van der Waals surface area contributed by atoms with Gasteiger partial charge in [-0.15, -0.1) is 5.10 Å². The molecule has 1 aromatic heterocycles. The van der Waals surface area contributed by atoms with Gasteiger partial charge in [-0.2, -0.15) is 0 Å². The summed E-state index contributed by atoms with van der Waals surface area (Å²) in [5, 5.41) is 16.9. The Kier molecular flexibility index (Phi) is 3.18. The van der Waals surface area contributed by atoms with Crippen LogP contribution in [0, 0.1) is 0 Å². The highest BCUT2D eigenvalue weighted by Gasteiger charge is 2.05.